The molecule has 35 heavy (non-hydrogen) atoms. The van der Waals surface area contributed by atoms with Crippen molar-refractivity contribution in [2.24, 2.45) is 7.05 Å². The second kappa shape index (κ2) is 10.2. The molecule has 1 N–H and O–H groups in total. The van der Waals surface area contributed by atoms with Crippen LogP contribution in [0.2, 0.25) is 10.0 Å². The van der Waals surface area contributed by atoms with Crippen molar-refractivity contribution in [3.8, 4) is 11.3 Å². The molecular weight excluding hydrogens is 491 g/mol. The fourth-order valence-electron chi connectivity index (χ4n) is 3.79. The number of nitrogens with one attached hydrogen (secondary N) is 1. The van der Waals surface area contributed by atoms with E-state index in [1.165, 1.54) is 23.8 Å². The Labute approximate surface area is 210 Å². The van der Waals surface area contributed by atoms with Gasteiger partial charge in [-0.15, -0.1) is 0 Å². The van der Waals surface area contributed by atoms with Crippen LogP contribution in [0.3, 0.4) is 0 Å². The summed E-state index contributed by atoms with van der Waals surface area (Å²) in [5, 5.41) is 3.67. The Balaban J connectivity index is 1.74. The second-order valence-corrected chi connectivity index (χ2v) is 8.53. The highest BCUT2D eigenvalue weighted by Crippen LogP contribution is 2.28. The molecule has 0 aliphatic rings. The number of pyridine rings is 1. The van der Waals surface area contributed by atoms with E-state index in [0.717, 1.165) is 0 Å². The number of methoxy groups -OCH3 is 1. The van der Waals surface area contributed by atoms with Gasteiger partial charge in [-0.05, 0) is 23.8 Å². The SMILES string of the molecule is COC(=O)[C@H](Cc1ccc(-c2nccn(C)c2=O)c2cccnc12)NC(=O)c1c(Cl)cccc1Cl. The van der Waals surface area contributed by atoms with Crippen LogP contribution in [0.4, 0.5) is 0 Å². The number of nitrogens with zero attached hydrogens (tertiary/aromatic N) is 3. The zero-order valence-corrected chi connectivity index (χ0v) is 20.3. The number of benzene rings is 2. The standard InChI is InChI=1S/C25H20Cl2N4O4/c1-31-12-11-29-22(24(31)33)16-9-8-14(21-15(16)5-4-10-28-21)13-19(25(34)35-2)30-23(32)20-17(26)6-3-7-18(20)27/h3-12,19H,13H2,1-2H3,(H,30,32)/t19-/m0/s1. The lowest BCUT2D eigenvalue weighted by Gasteiger charge is -2.19. The van der Waals surface area contributed by atoms with Crippen molar-refractivity contribution in [2.45, 2.75) is 12.5 Å². The molecule has 0 saturated carbocycles. The summed E-state index contributed by atoms with van der Waals surface area (Å²) in [7, 11) is 2.89. The number of aryl methyl sites for hydroxylation is 1. The maximum Gasteiger partial charge on any atom is 0.328 e. The van der Waals surface area contributed by atoms with Crippen molar-refractivity contribution in [3.63, 3.8) is 0 Å². The number of carbonyl (C=O) groups is 2. The summed E-state index contributed by atoms with van der Waals surface area (Å²) in [5.41, 5.74) is 1.94. The van der Waals surface area contributed by atoms with E-state index in [9.17, 15) is 14.4 Å². The molecule has 0 unspecified atom stereocenters. The van der Waals surface area contributed by atoms with Crippen molar-refractivity contribution in [1.29, 1.82) is 0 Å². The van der Waals surface area contributed by atoms with Gasteiger partial charge in [0.15, 0.2) is 0 Å². The van der Waals surface area contributed by atoms with E-state index >= 15 is 0 Å². The zero-order valence-electron chi connectivity index (χ0n) is 18.8. The van der Waals surface area contributed by atoms with Gasteiger partial charge in [0.05, 0.1) is 28.2 Å². The average molecular weight is 511 g/mol. The van der Waals surface area contributed by atoms with Gasteiger partial charge in [-0.2, -0.15) is 0 Å². The number of halogens is 2. The first-order valence-electron chi connectivity index (χ1n) is 10.5. The third-order valence-electron chi connectivity index (χ3n) is 5.53. The Hall–Kier alpha value is -3.75. The van der Waals surface area contributed by atoms with Gasteiger partial charge in [0.1, 0.15) is 11.7 Å². The number of hydrogen-bond donors (Lipinski definition) is 1. The number of carbonyl (C=O) groups excluding carboxylic acids is 2. The molecule has 2 aromatic heterocycles. The summed E-state index contributed by atoms with van der Waals surface area (Å²) in [4.78, 5) is 46.9. The maximum absolute atomic E-state index is 12.9. The molecule has 0 saturated heterocycles. The fourth-order valence-corrected chi connectivity index (χ4v) is 4.35. The highest BCUT2D eigenvalue weighted by molar-refractivity contribution is 6.39. The van der Waals surface area contributed by atoms with Crippen molar-refractivity contribution >= 4 is 46.0 Å². The van der Waals surface area contributed by atoms with E-state index in [1.807, 2.05) is 6.07 Å². The summed E-state index contributed by atoms with van der Waals surface area (Å²) in [5.74, 6) is -1.25. The lowest BCUT2D eigenvalue weighted by Crippen LogP contribution is -2.43. The van der Waals surface area contributed by atoms with Crippen LogP contribution in [-0.2, 0) is 23.0 Å². The lowest BCUT2D eigenvalue weighted by molar-refractivity contribution is -0.142. The molecule has 8 nitrogen and oxygen atoms in total. The molecule has 2 aromatic carbocycles. The van der Waals surface area contributed by atoms with Crippen LogP contribution in [-0.4, -0.2) is 39.6 Å². The topological polar surface area (TPSA) is 103 Å². The van der Waals surface area contributed by atoms with E-state index in [-0.39, 0.29) is 33.3 Å². The average Bonchev–Trinajstić information content (AvgIpc) is 2.85. The minimum absolute atomic E-state index is 0.0639. The van der Waals surface area contributed by atoms with E-state index < -0.39 is 17.9 Å². The van der Waals surface area contributed by atoms with E-state index in [1.54, 1.807) is 49.9 Å². The number of ether oxygens (including phenoxy) is 1. The summed E-state index contributed by atoms with van der Waals surface area (Å²) in [6.07, 6.45) is 4.82. The molecule has 4 aromatic rings. The van der Waals surface area contributed by atoms with Crippen LogP contribution < -0.4 is 10.9 Å². The van der Waals surface area contributed by atoms with Crippen LogP contribution in [0.1, 0.15) is 15.9 Å². The maximum atomic E-state index is 12.9. The Kier molecular flexibility index (Phi) is 7.14. The van der Waals surface area contributed by atoms with Crippen LogP contribution in [0.5, 0.6) is 0 Å². The van der Waals surface area contributed by atoms with Gasteiger partial charge < -0.3 is 14.6 Å². The Morgan fingerprint density at radius 1 is 1.06 bits per heavy atom. The van der Waals surface area contributed by atoms with Gasteiger partial charge in [-0.3, -0.25) is 14.6 Å². The summed E-state index contributed by atoms with van der Waals surface area (Å²) < 4.78 is 6.37. The molecule has 0 radical (unpaired) electrons. The van der Waals surface area contributed by atoms with Gasteiger partial charge in [0.2, 0.25) is 0 Å². The molecule has 1 atom stereocenters. The van der Waals surface area contributed by atoms with Gasteiger partial charge in [0.25, 0.3) is 11.5 Å². The van der Waals surface area contributed by atoms with Crippen LogP contribution >= 0.6 is 23.2 Å². The van der Waals surface area contributed by atoms with Gasteiger partial charge in [-0.25, -0.2) is 9.78 Å². The number of amides is 1. The Morgan fingerprint density at radius 2 is 1.80 bits per heavy atom. The van der Waals surface area contributed by atoms with Crippen LogP contribution in [0, 0.1) is 0 Å². The molecule has 0 bridgehead atoms. The summed E-state index contributed by atoms with van der Waals surface area (Å²) in [6.45, 7) is 0. The zero-order chi connectivity index (χ0) is 25.1. The summed E-state index contributed by atoms with van der Waals surface area (Å²) in [6, 6.07) is 10.7. The molecule has 0 spiro atoms. The molecular formula is C25H20Cl2N4O4. The number of aromatic nitrogens is 3. The molecule has 10 heteroatoms. The minimum Gasteiger partial charge on any atom is -0.467 e. The number of esters is 1. The Morgan fingerprint density at radius 3 is 2.51 bits per heavy atom. The van der Waals surface area contributed by atoms with Crippen LogP contribution in [0.15, 0.2) is 65.8 Å². The monoisotopic (exact) mass is 510 g/mol. The van der Waals surface area contributed by atoms with E-state index in [0.29, 0.717) is 22.0 Å². The highest BCUT2D eigenvalue weighted by Gasteiger charge is 2.26. The minimum atomic E-state index is -1.04. The third kappa shape index (κ3) is 4.89. The smallest absolute Gasteiger partial charge is 0.328 e. The number of hydrogen-bond acceptors (Lipinski definition) is 6. The normalized spacial score (nSPS) is 11.8. The first-order chi connectivity index (χ1) is 16.8. The molecule has 0 fully saturated rings. The first kappa shape index (κ1) is 24.4. The molecule has 178 valence electrons. The van der Waals surface area contributed by atoms with Crippen molar-refractivity contribution < 1.29 is 14.3 Å². The van der Waals surface area contributed by atoms with Gasteiger partial charge in [0, 0.05) is 43.0 Å². The van der Waals surface area contributed by atoms with E-state index in [2.05, 4.69) is 15.3 Å². The lowest BCUT2D eigenvalue weighted by atomic mass is 9.97. The molecule has 2 heterocycles. The summed E-state index contributed by atoms with van der Waals surface area (Å²) >= 11 is 12.3. The molecule has 4 rings (SSSR count). The largest absolute Gasteiger partial charge is 0.467 e. The fraction of sp³-hybridized carbons (Fsp3) is 0.160. The van der Waals surface area contributed by atoms with Crippen molar-refractivity contribution in [3.05, 3.63) is 92.6 Å². The third-order valence-corrected chi connectivity index (χ3v) is 6.16. The number of fused-ring (bicyclic) bond motifs is 1. The quantitative estimate of drug-likeness (QED) is 0.395. The molecule has 1 amide bonds. The molecule has 0 aliphatic heterocycles. The van der Waals surface area contributed by atoms with E-state index in [4.69, 9.17) is 27.9 Å². The van der Waals surface area contributed by atoms with Gasteiger partial charge in [-0.1, -0.05) is 47.5 Å². The first-order valence-corrected chi connectivity index (χ1v) is 11.3. The predicted octanol–water partition coefficient (Wildman–Crippen LogP) is 3.82. The van der Waals surface area contributed by atoms with Crippen molar-refractivity contribution in [1.82, 2.24) is 19.9 Å². The highest BCUT2D eigenvalue weighted by atomic mass is 35.5. The van der Waals surface area contributed by atoms with Crippen molar-refractivity contribution in [2.75, 3.05) is 7.11 Å². The number of rotatable bonds is 6. The van der Waals surface area contributed by atoms with Crippen LogP contribution in [0.25, 0.3) is 22.2 Å². The van der Waals surface area contributed by atoms with Gasteiger partial charge >= 0.3 is 5.97 Å². The molecule has 0 aliphatic carbocycles. The second-order valence-electron chi connectivity index (χ2n) is 7.71. The predicted molar refractivity (Wildman–Crippen MR) is 134 cm³/mol. The Bertz CT molecular complexity index is 1480.